The summed E-state index contributed by atoms with van der Waals surface area (Å²) in [6.45, 7) is 5.30. The molecular formula is C24H32N6O4S. The molecule has 35 heavy (non-hydrogen) atoms. The molecule has 3 saturated heterocycles. The Morgan fingerprint density at radius 1 is 1.26 bits per heavy atom. The highest BCUT2D eigenvalue weighted by Gasteiger charge is 2.47. The Morgan fingerprint density at radius 2 is 2.09 bits per heavy atom. The minimum atomic E-state index is -0.358. The standard InChI is InChI=1S/C24H32N6O4S/c1-14-21(25)24(13-34-14)3-6-29(7-4-24)22-17(11-31)28-19(9-27-22)35-18-2-5-26-23-20(18)33-12-15-8-16(32)10-30(15)23/h2,5,9,14-16,21,31-32H,3-4,6-8,10-13,25H2,1H3/t14-,15-,16?,21+/m0/s1. The van der Waals surface area contributed by atoms with Crippen LogP contribution in [0.5, 0.6) is 5.75 Å². The van der Waals surface area contributed by atoms with Crippen LogP contribution in [0.3, 0.4) is 0 Å². The van der Waals surface area contributed by atoms with E-state index in [0.717, 1.165) is 42.5 Å². The third-order valence-corrected chi connectivity index (χ3v) is 8.95. The van der Waals surface area contributed by atoms with Crippen LogP contribution in [-0.4, -0.2) is 82.3 Å². The molecule has 4 N–H and O–H groups in total. The molecule has 4 aliphatic rings. The van der Waals surface area contributed by atoms with Gasteiger partial charge < -0.3 is 35.2 Å². The van der Waals surface area contributed by atoms with Gasteiger partial charge in [-0.25, -0.2) is 15.0 Å². The largest absolute Gasteiger partial charge is 0.486 e. The fraction of sp³-hybridized carbons (Fsp3) is 0.625. The maximum absolute atomic E-state index is 10.1. The molecule has 6 heterocycles. The van der Waals surface area contributed by atoms with Crippen molar-refractivity contribution >= 4 is 23.4 Å². The van der Waals surface area contributed by atoms with E-state index in [1.54, 1.807) is 12.4 Å². The summed E-state index contributed by atoms with van der Waals surface area (Å²) >= 11 is 1.45. The lowest BCUT2D eigenvalue weighted by atomic mass is 9.73. The number of nitrogens with two attached hydrogens (primary N) is 1. The number of anilines is 2. The Hall–Kier alpha value is -2.18. The van der Waals surface area contributed by atoms with Crippen molar-refractivity contribution in [2.45, 2.75) is 67.0 Å². The molecule has 6 rings (SSSR count). The second kappa shape index (κ2) is 9.04. The smallest absolute Gasteiger partial charge is 0.175 e. The lowest BCUT2D eigenvalue weighted by molar-refractivity contribution is 0.0973. The van der Waals surface area contributed by atoms with Crippen molar-refractivity contribution in [3.63, 3.8) is 0 Å². The number of rotatable bonds is 4. The highest BCUT2D eigenvalue weighted by Crippen LogP contribution is 2.45. The summed E-state index contributed by atoms with van der Waals surface area (Å²) in [5, 5.41) is 20.9. The zero-order valence-electron chi connectivity index (χ0n) is 19.8. The number of pyridine rings is 1. The van der Waals surface area contributed by atoms with Crippen LogP contribution >= 0.6 is 11.8 Å². The molecule has 0 saturated carbocycles. The fourth-order valence-electron chi connectivity index (χ4n) is 5.90. The van der Waals surface area contributed by atoms with Crippen molar-refractivity contribution in [3.8, 4) is 5.75 Å². The number of aliphatic hydroxyl groups excluding tert-OH is 2. The Morgan fingerprint density at radius 3 is 2.83 bits per heavy atom. The Bertz CT molecular complexity index is 1100. The lowest BCUT2D eigenvalue weighted by Gasteiger charge is -2.41. The van der Waals surface area contributed by atoms with Gasteiger partial charge in [-0.1, -0.05) is 11.8 Å². The molecule has 1 spiro atoms. The minimum absolute atomic E-state index is 0.0311. The van der Waals surface area contributed by atoms with Gasteiger partial charge in [0.1, 0.15) is 17.3 Å². The van der Waals surface area contributed by atoms with E-state index in [9.17, 15) is 10.2 Å². The second-order valence-electron chi connectivity index (χ2n) is 10.1. The average molecular weight is 501 g/mol. The Balaban J connectivity index is 1.19. The molecule has 188 valence electrons. The van der Waals surface area contributed by atoms with Crippen molar-refractivity contribution in [1.82, 2.24) is 15.0 Å². The van der Waals surface area contributed by atoms with Crippen molar-refractivity contribution in [2.75, 3.05) is 42.6 Å². The maximum atomic E-state index is 10.1. The van der Waals surface area contributed by atoms with Crippen LogP contribution in [0, 0.1) is 5.41 Å². The quantitative estimate of drug-likeness (QED) is 0.559. The highest BCUT2D eigenvalue weighted by atomic mass is 32.2. The van der Waals surface area contributed by atoms with Gasteiger partial charge in [0.05, 0.1) is 42.6 Å². The van der Waals surface area contributed by atoms with Gasteiger partial charge in [0.15, 0.2) is 17.4 Å². The monoisotopic (exact) mass is 500 g/mol. The van der Waals surface area contributed by atoms with Crippen LogP contribution < -0.4 is 20.3 Å². The van der Waals surface area contributed by atoms with Gasteiger partial charge in [0.25, 0.3) is 0 Å². The number of hydrogen-bond acceptors (Lipinski definition) is 11. The minimum Gasteiger partial charge on any atom is -0.486 e. The molecule has 0 bridgehead atoms. The molecule has 2 aromatic rings. The Kier molecular flexibility index (Phi) is 6.00. The molecule has 2 aromatic heterocycles. The first-order chi connectivity index (χ1) is 17.0. The van der Waals surface area contributed by atoms with E-state index in [2.05, 4.69) is 21.7 Å². The molecule has 0 aliphatic carbocycles. The van der Waals surface area contributed by atoms with E-state index in [4.69, 9.17) is 25.2 Å². The number of hydrogen-bond donors (Lipinski definition) is 3. The van der Waals surface area contributed by atoms with E-state index in [-0.39, 0.29) is 36.3 Å². The Labute approximate surface area is 208 Å². The molecule has 3 fully saturated rings. The zero-order valence-corrected chi connectivity index (χ0v) is 20.7. The third kappa shape index (κ3) is 4.03. The number of nitrogens with zero attached hydrogens (tertiary/aromatic N) is 5. The third-order valence-electron chi connectivity index (χ3n) is 8.00. The van der Waals surface area contributed by atoms with Crippen molar-refractivity contribution in [2.24, 2.45) is 11.1 Å². The van der Waals surface area contributed by atoms with E-state index < -0.39 is 0 Å². The van der Waals surface area contributed by atoms with E-state index >= 15 is 0 Å². The van der Waals surface area contributed by atoms with E-state index in [1.807, 2.05) is 6.07 Å². The van der Waals surface area contributed by atoms with E-state index in [0.29, 0.717) is 42.6 Å². The first kappa shape index (κ1) is 23.2. The van der Waals surface area contributed by atoms with Gasteiger partial charge in [0, 0.05) is 37.3 Å². The number of piperidine rings is 1. The summed E-state index contributed by atoms with van der Waals surface area (Å²) in [6.07, 6.45) is 5.82. The molecule has 0 amide bonds. The van der Waals surface area contributed by atoms with Crippen LogP contribution in [0.1, 0.15) is 31.9 Å². The topological polar surface area (TPSA) is 130 Å². The fourth-order valence-corrected chi connectivity index (χ4v) is 6.76. The summed E-state index contributed by atoms with van der Waals surface area (Å²) in [4.78, 5) is 19.2. The first-order valence-corrected chi connectivity index (χ1v) is 13.1. The number of ether oxygens (including phenoxy) is 2. The van der Waals surface area contributed by atoms with Crippen LogP contribution in [-0.2, 0) is 11.3 Å². The molecule has 4 aliphatic heterocycles. The number of aliphatic hydroxyl groups is 2. The zero-order chi connectivity index (χ0) is 24.2. The van der Waals surface area contributed by atoms with Gasteiger partial charge in [-0.3, -0.25) is 0 Å². The second-order valence-corrected chi connectivity index (χ2v) is 11.2. The molecule has 0 aromatic carbocycles. The number of aromatic nitrogens is 3. The van der Waals surface area contributed by atoms with Crippen LogP contribution in [0.15, 0.2) is 28.4 Å². The van der Waals surface area contributed by atoms with Gasteiger partial charge >= 0.3 is 0 Å². The van der Waals surface area contributed by atoms with Crippen LogP contribution in [0.2, 0.25) is 0 Å². The van der Waals surface area contributed by atoms with Crippen LogP contribution in [0.25, 0.3) is 0 Å². The van der Waals surface area contributed by atoms with Crippen molar-refractivity contribution in [3.05, 3.63) is 24.2 Å². The van der Waals surface area contributed by atoms with Gasteiger partial charge in [-0.15, -0.1) is 0 Å². The van der Waals surface area contributed by atoms with Crippen molar-refractivity contribution < 1.29 is 19.7 Å². The maximum Gasteiger partial charge on any atom is 0.175 e. The number of fused-ring (bicyclic) bond motifs is 3. The van der Waals surface area contributed by atoms with Crippen LogP contribution in [0.4, 0.5) is 11.6 Å². The van der Waals surface area contributed by atoms with Crippen molar-refractivity contribution in [1.29, 1.82) is 0 Å². The van der Waals surface area contributed by atoms with Gasteiger partial charge in [0.2, 0.25) is 0 Å². The van der Waals surface area contributed by atoms with E-state index in [1.165, 1.54) is 11.8 Å². The lowest BCUT2D eigenvalue weighted by Crippen LogP contribution is -2.51. The molecule has 0 radical (unpaired) electrons. The molecule has 10 nitrogen and oxygen atoms in total. The molecule has 1 unspecified atom stereocenters. The SMILES string of the molecule is C[C@@H]1OCC2(CCN(c3ncc(Sc4ccnc5c4OC[C@@H]4CC(O)CN54)nc3CO)CC2)[C@@H]1N. The summed E-state index contributed by atoms with van der Waals surface area (Å²) in [7, 11) is 0. The summed E-state index contributed by atoms with van der Waals surface area (Å²) in [5.74, 6) is 2.21. The predicted molar refractivity (Wildman–Crippen MR) is 131 cm³/mol. The average Bonchev–Trinajstić information content (AvgIpc) is 3.39. The first-order valence-electron chi connectivity index (χ1n) is 12.3. The summed E-state index contributed by atoms with van der Waals surface area (Å²) < 4.78 is 11.9. The summed E-state index contributed by atoms with van der Waals surface area (Å²) in [5.41, 5.74) is 7.06. The predicted octanol–water partition coefficient (Wildman–Crippen LogP) is 1.18. The van der Waals surface area contributed by atoms with Gasteiger partial charge in [-0.05, 0) is 32.3 Å². The van der Waals surface area contributed by atoms with Gasteiger partial charge in [-0.2, -0.15) is 0 Å². The normalized spacial score (nSPS) is 29.3. The molecular weight excluding hydrogens is 468 g/mol. The molecule has 4 atom stereocenters. The molecule has 11 heteroatoms. The highest BCUT2D eigenvalue weighted by molar-refractivity contribution is 7.99. The summed E-state index contributed by atoms with van der Waals surface area (Å²) in [6, 6.07) is 2.12.